The van der Waals surface area contributed by atoms with Crippen molar-refractivity contribution in [2.24, 2.45) is 0 Å². The number of carbonyl (C=O) groups is 1. The molecular formula is C21H25N5O2. The van der Waals surface area contributed by atoms with Crippen LogP contribution in [0.3, 0.4) is 0 Å². The highest BCUT2D eigenvalue weighted by Gasteiger charge is 2.50. The molecule has 1 spiro atoms. The van der Waals surface area contributed by atoms with E-state index in [1.807, 2.05) is 29.6 Å². The molecule has 1 unspecified atom stereocenters. The molecular weight excluding hydrogens is 354 g/mol. The quantitative estimate of drug-likeness (QED) is 0.806. The highest BCUT2D eigenvalue weighted by molar-refractivity contribution is 5.79. The van der Waals surface area contributed by atoms with E-state index in [0.29, 0.717) is 6.54 Å². The number of aromatic nitrogens is 2. The summed E-state index contributed by atoms with van der Waals surface area (Å²) in [6.45, 7) is 4.55. The van der Waals surface area contributed by atoms with E-state index in [1.165, 1.54) is 5.69 Å². The maximum atomic E-state index is 12.8. The Labute approximate surface area is 164 Å². The molecule has 0 radical (unpaired) electrons. The van der Waals surface area contributed by atoms with E-state index in [2.05, 4.69) is 38.0 Å². The van der Waals surface area contributed by atoms with Crippen molar-refractivity contribution in [3.05, 3.63) is 54.6 Å². The molecule has 5 heterocycles. The molecule has 0 bridgehead atoms. The average Bonchev–Trinajstić information content (AvgIpc) is 3.08. The monoisotopic (exact) mass is 379 g/mol. The molecule has 2 aromatic heterocycles. The Morgan fingerprint density at radius 3 is 2.68 bits per heavy atom. The summed E-state index contributed by atoms with van der Waals surface area (Å²) in [4.78, 5) is 27.5. The van der Waals surface area contributed by atoms with E-state index in [4.69, 9.17) is 4.74 Å². The predicted molar refractivity (Wildman–Crippen MR) is 105 cm³/mol. The molecule has 0 saturated carbocycles. The van der Waals surface area contributed by atoms with E-state index >= 15 is 0 Å². The van der Waals surface area contributed by atoms with Crippen LogP contribution in [0.15, 0.2) is 49.1 Å². The number of nitrogens with zero attached hydrogens (tertiary/aromatic N) is 5. The maximum Gasteiger partial charge on any atom is 0.238 e. The zero-order chi connectivity index (χ0) is 19.0. The molecule has 3 aliphatic rings. The van der Waals surface area contributed by atoms with Gasteiger partial charge in [0, 0.05) is 56.7 Å². The van der Waals surface area contributed by atoms with Gasteiger partial charge in [0.05, 0.1) is 18.7 Å². The highest BCUT2D eigenvalue weighted by Crippen LogP contribution is 2.38. The fourth-order valence-electron chi connectivity index (χ4n) is 4.63. The van der Waals surface area contributed by atoms with Crippen LogP contribution in [0.5, 0.6) is 0 Å². The van der Waals surface area contributed by atoms with Gasteiger partial charge in [0.15, 0.2) is 0 Å². The minimum atomic E-state index is -0.200. The van der Waals surface area contributed by atoms with E-state index in [-0.39, 0.29) is 17.7 Å². The highest BCUT2D eigenvalue weighted by atomic mass is 16.5. The van der Waals surface area contributed by atoms with Crippen LogP contribution in [0.4, 0.5) is 5.69 Å². The van der Waals surface area contributed by atoms with Gasteiger partial charge in [-0.25, -0.2) is 0 Å². The van der Waals surface area contributed by atoms with E-state index < -0.39 is 0 Å². The second-order valence-corrected chi connectivity index (χ2v) is 8.00. The summed E-state index contributed by atoms with van der Waals surface area (Å²) in [5.74, 6) is 0.175. The van der Waals surface area contributed by atoms with Crippen molar-refractivity contribution in [3.8, 4) is 0 Å². The van der Waals surface area contributed by atoms with Crippen LogP contribution < -0.4 is 4.90 Å². The van der Waals surface area contributed by atoms with Crippen LogP contribution in [0.1, 0.15) is 18.4 Å². The predicted octanol–water partition coefficient (Wildman–Crippen LogP) is 1.52. The largest absolute Gasteiger partial charge is 0.371 e. The van der Waals surface area contributed by atoms with Crippen LogP contribution in [0.25, 0.3) is 0 Å². The molecule has 1 atom stereocenters. The smallest absolute Gasteiger partial charge is 0.238 e. The van der Waals surface area contributed by atoms with Crippen LogP contribution in [0.2, 0.25) is 0 Å². The molecule has 1 amide bonds. The minimum Gasteiger partial charge on any atom is -0.371 e. The van der Waals surface area contributed by atoms with Gasteiger partial charge in [0.2, 0.25) is 5.91 Å². The lowest BCUT2D eigenvalue weighted by Gasteiger charge is -2.39. The Morgan fingerprint density at radius 1 is 1.11 bits per heavy atom. The molecule has 0 N–H and O–H groups in total. The van der Waals surface area contributed by atoms with E-state index in [0.717, 1.165) is 51.1 Å². The first-order valence-corrected chi connectivity index (χ1v) is 9.94. The van der Waals surface area contributed by atoms with Crippen molar-refractivity contribution >= 4 is 11.6 Å². The Balaban J connectivity index is 1.23. The SMILES string of the molecule is O=C1CN(Cc2cccnc2)CC2OC3(CCN(c4ccncc4)CC3)CN12. The van der Waals surface area contributed by atoms with Gasteiger partial charge in [-0.1, -0.05) is 6.07 Å². The van der Waals surface area contributed by atoms with Crippen LogP contribution >= 0.6 is 0 Å². The summed E-state index contributed by atoms with van der Waals surface area (Å²) in [6.07, 6.45) is 9.06. The molecule has 28 heavy (non-hydrogen) atoms. The molecule has 5 rings (SSSR count). The van der Waals surface area contributed by atoms with Gasteiger partial charge in [-0.15, -0.1) is 0 Å². The normalized spacial score (nSPS) is 24.6. The lowest BCUT2D eigenvalue weighted by Crippen LogP contribution is -2.53. The number of fused-ring (bicyclic) bond motifs is 1. The standard InChI is InChI=1S/C21H25N5O2/c27-19-14-24(13-17-2-1-7-23-12-17)15-20-26(19)16-21(28-20)5-10-25(11-6-21)18-3-8-22-9-4-18/h1-4,7-9,12,20H,5-6,10-11,13-16H2. The lowest BCUT2D eigenvalue weighted by molar-refractivity contribution is -0.149. The number of rotatable bonds is 3. The molecule has 3 aliphatic heterocycles. The van der Waals surface area contributed by atoms with Crippen molar-refractivity contribution in [1.82, 2.24) is 19.8 Å². The fraction of sp³-hybridized carbons (Fsp3) is 0.476. The van der Waals surface area contributed by atoms with Gasteiger partial charge in [-0.2, -0.15) is 0 Å². The van der Waals surface area contributed by atoms with Gasteiger partial charge in [-0.05, 0) is 36.6 Å². The third-order valence-corrected chi connectivity index (χ3v) is 6.12. The fourth-order valence-corrected chi connectivity index (χ4v) is 4.63. The Morgan fingerprint density at radius 2 is 1.93 bits per heavy atom. The summed E-state index contributed by atoms with van der Waals surface area (Å²) in [6, 6.07) is 8.09. The average molecular weight is 379 g/mol. The number of hydrogen-bond acceptors (Lipinski definition) is 6. The number of anilines is 1. The first-order valence-electron chi connectivity index (χ1n) is 9.94. The van der Waals surface area contributed by atoms with Crippen molar-refractivity contribution in [2.75, 3.05) is 37.6 Å². The maximum absolute atomic E-state index is 12.8. The first-order chi connectivity index (χ1) is 13.7. The van der Waals surface area contributed by atoms with Crippen molar-refractivity contribution in [3.63, 3.8) is 0 Å². The summed E-state index contributed by atoms with van der Waals surface area (Å²) in [7, 11) is 0. The second-order valence-electron chi connectivity index (χ2n) is 8.00. The summed E-state index contributed by atoms with van der Waals surface area (Å²) >= 11 is 0. The van der Waals surface area contributed by atoms with Gasteiger partial charge in [0.1, 0.15) is 6.23 Å². The Bertz CT molecular complexity index is 823. The van der Waals surface area contributed by atoms with Crippen LogP contribution in [-0.4, -0.2) is 70.2 Å². The van der Waals surface area contributed by atoms with E-state index in [1.54, 1.807) is 6.20 Å². The van der Waals surface area contributed by atoms with Crippen molar-refractivity contribution in [1.29, 1.82) is 0 Å². The van der Waals surface area contributed by atoms with Crippen molar-refractivity contribution in [2.45, 2.75) is 31.2 Å². The number of piperidine rings is 1. The molecule has 7 heteroatoms. The molecule has 3 saturated heterocycles. The number of carbonyl (C=O) groups excluding carboxylic acids is 1. The number of pyridine rings is 2. The number of piperazine rings is 1. The van der Waals surface area contributed by atoms with Crippen LogP contribution in [0, 0.1) is 0 Å². The Hall–Kier alpha value is -2.51. The van der Waals surface area contributed by atoms with Gasteiger partial charge in [-0.3, -0.25) is 19.7 Å². The zero-order valence-corrected chi connectivity index (χ0v) is 15.9. The minimum absolute atomic E-state index is 0.134. The first kappa shape index (κ1) is 17.6. The summed E-state index contributed by atoms with van der Waals surface area (Å²) < 4.78 is 6.53. The number of hydrogen-bond donors (Lipinski definition) is 0. The summed E-state index contributed by atoms with van der Waals surface area (Å²) in [5.41, 5.74) is 2.13. The second kappa shape index (κ2) is 7.14. The van der Waals surface area contributed by atoms with Crippen molar-refractivity contribution < 1.29 is 9.53 Å². The van der Waals surface area contributed by atoms with Crippen LogP contribution in [-0.2, 0) is 16.1 Å². The third kappa shape index (κ3) is 3.36. The third-order valence-electron chi connectivity index (χ3n) is 6.12. The molecule has 2 aromatic rings. The molecule has 3 fully saturated rings. The lowest BCUT2D eigenvalue weighted by atomic mass is 9.91. The van der Waals surface area contributed by atoms with Gasteiger partial charge >= 0.3 is 0 Å². The molecule has 7 nitrogen and oxygen atoms in total. The Kier molecular flexibility index (Phi) is 4.49. The topological polar surface area (TPSA) is 61.8 Å². The van der Waals surface area contributed by atoms with E-state index in [9.17, 15) is 4.79 Å². The zero-order valence-electron chi connectivity index (χ0n) is 15.9. The van der Waals surface area contributed by atoms with Gasteiger partial charge in [0.25, 0.3) is 0 Å². The number of ether oxygens (including phenoxy) is 1. The number of amides is 1. The summed E-state index contributed by atoms with van der Waals surface area (Å²) in [5, 5.41) is 0. The molecule has 146 valence electrons. The molecule has 0 aromatic carbocycles. The molecule has 0 aliphatic carbocycles. The van der Waals surface area contributed by atoms with Gasteiger partial charge < -0.3 is 14.5 Å².